The molecular formula is C13H13NS. The zero-order valence-corrected chi connectivity index (χ0v) is 9.82. The molecule has 0 aliphatic carbocycles. The number of hydrogen-bond donors (Lipinski definition) is 0. The van der Waals surface area contributed by atoms with Crippen molar-refractivity contribution in [3.05, 3.63) is 34.9 Å². The summed E-state index contributed by atoms with van der Waals surface area (Å²) < 4.78 is 0. The molecule has 1 aromatic carbocycles. The lowest BCUT2D eigenvalue weighted by Crippen LogP contribution is -1.92. The number of benzene rings is 1. The fourth-order valence-corrected chi connectivity index (χ4v) is 3.31. The van der Waals surface area contributed by atoms with Crippen LogP contribution in [0.3, 0.4) is 0 Å². The van der Waals surface area contributed by atoms with Crippen LogP contribution in [0.4, 0.5) is 0 Å². The summed E-state index contributed by atoms with van der Waals surface area (Å²) in [7, 11) is 0. The zero-order chi connectivity index (χ0) is 10.4. The summed E-state index contributed by atoms with van der Waals surface area (Å²) in [5.41, 5.74) is 5.34. The van der Waals surface area contributed by atoms with Crippen molar-refractivity contribution in [1.82, 2.24) is 4.98 Å². The summed E-state index contributed by atoms with van der Waals surface area (Å²) in [6, 6.07) is 6.56. The van der Waals surface area contributed by atoms with Gasteiger partial charge in [0.2, 0.25) is 0 Å². The van der Waals surface area contributed by atoms with Crippen LogP contribution in [0.15, 0.2) is 23.2 Å². The highest BCUT2D eigenvalue weighted by atomic mass is 32.2. The quantitative estimate of drug-likeness (QED) is 0.667. The third-order valence-electron chi connectivity index (χ3n) is 3.08. The van der Waals surface area contributed by atoms with E-state index in [4.69, 9.17) is 4.98 Å². The molecule has 2 heterocycles. The Kier molecular flexibility index (Phi) is 1.99. The smallest absolute Gasteiger partial charge is 0.100 e. The van der Waals surface area contributed by atoms with Gasteiger partial charge < -0.3 is 0 Å². The van der Waals surface area contributed by atoms with E-state index in [1.165, 1.54) is 39.3 Å². The van der Waals surface area contributed by atoms with Gasteiger partial charge in [0.05, 0.1) is 5.52 Å². The highest BCUT2D eigenvalue weighted by molar-refractivity contribution is 7.99. The summed E-state index contributed by atoms with van der Waals surface area (Å²) in [4.78, 5) is 4.74. The molecule has 0 radical (unpaired) electrons. The molecule has 2 aromatic rings. The minimum Gasteiger partial charge on any atom is -0.241 e. The van der Waals surface area contributed by atoms with Gasteiger partial charge in [-0.1, -0.05) is 12.1 Å². The van der Waals surface area contributed by atoms with Gasteiger partial charge in [-0.05, 0) is 43.0 Å². The molecule has 0 spiro atoms. The van der Waals surface area contributed by atoms with E-state index in [0.29, 0.717) is 0 Å². The molecule has 76 valence electrons. The Morgan fingerprint density at radius 3 is 3.00 bits per heavy atom. The Bertz CT molecular complexity index is 546. The number of fused-ring (bicyclic) bond motifs is 2. The Morgan fingerprint density at radius 1 is 1.27 bits per heavy atom. The van der Waals surface area contributed by atoms with E-state index in [1.54, 1.807) is 0 Å². The van der Waals surface area contributed by atoms with Gasteiger partial charge in [-0.2, -0.15) is 0 Å². The van der Waals surface area contributed by atoms with E-state index < -0.39 is 0 Å². The average Bonchev–Trinajstić information content (AvgIpc) is 2.65. The number of aromatic nitrogens is 1. The fraction of sp³-hybridized carbons (Fsp3) is 0.308. The molecule has 0 amide bonds. The highest BCUT2D eigenvalue weighted by Crippen LogP contribution is 2.35. The molecule has 2 heteroatoms. The summed E-state index contributed by atoms with van der Waals surface area (Å²) in [5, 5.41) is 2.58. The molecule has 0 saturated carbocycles. The molecule has 0 N–H and O–H groups in total. The second-order valence-corrected chi connectivity index (χ2v) is 5.22. The predicted octanol–water partition coefficient (Wildman–Crippen LogP) is 3.50. The van der Waals surface area contributed by atoms with E-state index in [2.05, 4.69) is 32.0 Å². The van der Waals surface area contributed by atoms with E-state index in [0.717, 1.165) is 5.52 Å². The second-order valence-electron chi connectivity index (χ2n) is 4.14. The van der Waals surface area contributed by atoms with Crippen molar-refractivity contribution in [1.29, 1.82) is 0 Å². The van der Waals surface area contributed by atoms with E-state index in [9.17, 15) is 0 Å². The third kappa shape index (κ3) is 1.36. The van der Waals surface area contributed by atoms with E-state index in [1.807, 2.05) is 11.8 Å². The lowest BCUT2D eigenvalue weighted by Gasteiger charge is -2.07. The lowest BCUT2D eigenvalue weighted by atomic mass is 10.0. The van der Waals surface area contributed by atoms with Gasteiger partial charge in [0.25, 0.3) is 0 Å². The molecule has 15 heavy (non-hydrogen) atoms. The molecule has 0 unspecified atom stereocenters. The molecule has 1 aliphatic rings. The first-order valence-corrected chi connectivity index (χ1v) is 6.27. The molecular weight excluding hydrogens is 202 g/mol. The Balaban J connectivity index is 2.41. The molecule has 1 aromatic heterocycles. The van der Waals surface area contributed by atoms with Crippen molar-refractivity contribution in [2.75, 3.05) is 5.75 Å². The van der Waals surface area contributed by atoms with Crippen molar-refractivity contribution in [3.63, 3.8) is 0 Å². The average molecular weight is 215 g/mol. The Labute approximate surface area is 93.9 Å². The number of pyridine rings is 1. The maximum absolute atomic E-state index is 4.74. The van der Waals surface area contributed by atoms with Crippen molar-refractivity contribution in [3.8, 4) is 0 Å². The van der Waals surface area contributed by atoms with E-state index >= 15 is 0 Å². The van der Waals surface area contributed by atoms with Crippen LogP contribution in [0.25, 0.3) is 10.9 Å². The fourth-order valence-electron chi connectivity index (χ4n) is 2.21. The highest BCUT2D eigenvalue weighted by Gasteiger charge is 2.17. The molecule has 0 atom stereocenters. The largest absolute Gasteiger partial charge is 0.241 e. The van der Waals surface area contributed by atoms with Gasteiger partial charge in [-0.25, -0.2) is 4.98 Å². The summed E-state index contributed by atoms with van der Waals surface area (Å²) in [5.74, 6) is 1.19. The molecule has 1 aliphatic heterocycles. The van der Waals surface area contributed by atoms with Crippen molar-refractivity contribution in [2.45, 2.75) is 25.3 Å². The van der Waals surface area contributed by atoms with Gasteiger partial charge in [0.15, 0.2) is 0 Å². The molecule has 1 nitrogen and oxygen atoms in total. The molecule has 0 saturated heterocycles. The van der Waals surface area contributed by atoms with Crippen LogP contribution < -0.4 is 0 Å². The molecule has 0 fully saturated rings. The first-order chi connectivity index (χ1) is 7.25. The number of nitrogens with zero attached hydrogens (tertiary/aromatic N) is 1. The first kappa shape index (κ1) is 9.22. The Morgan fingerprint density at radius 2 is 2.13 bits per heavy atom. The van der Waals surface area contributed by atoms with Crippen molar-refractivity contribution in [2.24, 2.45) is 0 Å². The molecule has 0 bridgehead atoms. The standard InChI is InChI=1S/C13H13NS/c1-8-3-4-10-9(2)11-5-6-15-13(11)14-12(10)7-8/h3-4,7H,5-6H2,1-2H3. The van der Waals surface area contributed by atoms with Crippen LogP contribution >= 0.6 is 11.8 Å². The first-order valence-electron chi connectivity index (χ1n) is 5.28. The van der Waals surface area contributed by atoms with Crippen molar-refractivity contribution < 1.29 is 0 Å². The van der Waals surface area contributed by atoms with Gasteiger partial charge in [-0.15, -0.1) is 11.8 Å². The maximum Gasteiger partial charge on any atom is 0.100 e. The topological polar surface area (TPSA) is 12.9 Å². The second kappa shape index (κ2) is 3.24. The molecule has 3 rings (SSSR count). The third-order valence-corrected chi connectivity index (χ3v) is 4.10. The lowest BCUT2D eigenvalue weighted by molar-refractivity contribution is 1.05. The minimum atomic E-state index is 1.15. The van der Waals surface area contributed by atoms with Crippen LogP contribution in [0.5, 0.6) is 0 Å². The van der Waals surface area contributed by atoms with Crippen LogP contribution in [0, 0.1) is 13.8 Å². The van der Waals surface area contributed by atoms with Gasteiger partial charge >= 0.3 is 0 Å². The normalized spacial score (nSPS) is 14.5. The van der Waals surface area contributed by atoms with Crippen molar-refractivity contribution >= 4 is 22.7 Å². The van der Waals surface area contributed by atoms with Gasteiger partial charge in [0, 0.05) is 11.1 Å². The summed E-state index contributed by atoms with van der Waals surface area (Å²) in [6.07, 6.45) is 1.18. The monoisotopic (exact) mass is 215 g/mol. The summed E-state index contributed by atoms with van der Waals surface area (Å²) >= 11 is 1.89. The van der Waals surface area contributed by atoms with Crippen LogP contribution in [-0.2, 0) is 6.42 Å². The van der Waals surface area contributed by atoms with Gasteiger partial charge in [-0.3, -0.25) is 0 Å². The van der Waals surface area contributed by atoms with Crippen LogP contribution in [0.2, 0.25) is 0 Å². The number of hydrogen-bond acceptors (Lipinski definition) is 2. The minimum absolute atomic E-state index is 1.15. The van der Waals surface area contributed by atoms with E-state index in [-0.39, 0.29) is 0 Å². The number of thioether (sulfide) groups is 1. The predicted molar refractivity (Wildman–Crippen MR) is 65.6 cm³/mol. The van der Waals surface area contributed by atoms with Gasteiger partial charge in [0.1, 0.15) is 5.03 Å². The number of aryl methyl sites for hydroxylation is 2. The maximum atomic E-state index is 4.74. The number of rotatable bonds is 0. The Hall–Kier alpha value is -1.02. The zero-order valence-electron chi connectivity index (χ0n) is 9.00. The van der Waals surface area contributed by atoms with Crippen LogP contribution in [0.1, 0.15) is 16.7 Å². The van der Waals surface area contributed by atoms with Crippen LogP contribution in [-0.4, -0.2) is 10.7 Å². The SMILES string of the molecule is Cc1ccc2c(C)c3c(nc2c1)SCC3. The summed E-state index contributed by atoms with van der Waals surface area (Å²) in [6.45, 7) is 4.35.